The van der Waals surface area contributed by atoms with Crippen molar-refractivity contribution in [3.8, 4) is 0 Å². The number of fused-ring (bicyclic) bond motifs is 1. The van der Waals surface area contributed by atoms with E-state index in [1.54, 1.807) is 0 Å². The Labute approximate surface area is 123 Å². The van der Waals surface area contributed by atoms with Crippen LogP contribution in [0.25, 0.3) is 0 Å². The number of hydrogen-bond acceptors (Lipinski definition) is 3. The van der Waals surface area contributed by atoms with Gasteiger partial charge in [-0.1, -0.05) is 27.2 Å². The molecule has 20 heavy (non-hydrogen) atoms. The Morgan fingerprint density at radius 1 is 1.20 bits per heavy atom. The Kier molecular flexibility index (Phi) is 3.96. The van der Waals surface area contributed by atoms with Gasteiger partial charge in [-0.05, 0) is 49.4 Å². The van der Waals surface area contributed by atoms with Crippen LogP contribution in [-0.2, 0) is 9.53 Å². The molecule has 0 aromatic heterocycles. The van der Waals surface area contributed by atoms with Gasteiger partial charge in [0.05, 0.1) is 12.2 Å². The summed E-state index contributed by atoms with van der Waals surface area (Å²) in [6.45, 7) is 10.7. The van der Waals surface area contributed by atoms with E-state index in [1.165, 1.54) is 19.8 Å². The minimum atomic E-state index is -0.728. The van der Waals surface area contributed by atoms with E-state index in [-0.39, 0.29) is 17.3 Å². The molecule has 2 aliphatic carbocycles. The Morgan fingerprint density at radius 3 is 2.45 bits per heavy atom. The fourth-order valence-electron chi connectivity index (χ4n) is 5.20. The molecular formula is C17H30O3. The topological polar surface area (TPSA) is 46.5 Å². The maximum absolute atomic E-state index is 11.2. The van der Waals surface area contributed by atoms with Gasteiger partial charge in [0.15, 0.2) is 0 Å². The highest BCUT2D eigenvalue weighted by Crippen LogP contribution is 2.61. The van der Waals surface area contributed by atoms with Gasteiger partial charge in [0.25, 0.3) is 0 Å². The number of carbonyl (C=O) groups is 1. The summed E-state index contributed by atoms with van der Waals surface area (Å²) in [6, 6.07) is 0. The maximum Gasteiger partial charge on any atom is 0.302 e. The van der Waals surface area contributed by atoms with E-state index >= 15 is 0 Å². The lowest BCUT2D eigenvalue weighted by molar-refractivity contribution is -0.188. The van der Waals surface area contributed by atoms with Crippen molar-refractivity contribution in [3.63, 3.8) is 0 Å². The van der Waals surface area contributed by atoms with Crippen molar-refractivity contribution in [1.82, 2.24) is 0 Å². The standard InChI is InChI=1S/C17H30O3/c1-12(18)20-11-14-16(4)9-6-8-15(2,3)13(16)7-10-17(14,5)19/h13-14,19H,6-11H2,1-5H3/t13-,14-,16-,17-/m0/s1. The molecule has 0 aromatic carbocycles. The zero-order chi connectivity index (χ0) is 15.2. The fourth-order valence-corrected chi connectivity index (χ4v) is 5.20. The minimum absolute atomic E-state index is 0.0391. The van der Waals surface area contributed by atoms with Crippen LogP contribution in [0.5, 0.6) is 0 Å². The summed E-state index contributed by atoms with van der Waals surface area (Å²) in [4.78, 5) is 11.2. The van der Waals surface area contributed by atoms with E-state index in [2.05, 4.69) is 20.8 Å². The van der Waals surface area contributed by atoms with Gasteiger partial charge in [-0.15, -0.1) is 0 Å². The van der Waals surface area contributed by atoms with Gasteiger partial charge in [-0.3, -0.25) is 4.79 Å². The second-order valence-electron chi connectivity index (χ2n) is 8.15. The molecule has 0 bridgehead atoms. The van der Waals surface area contributed by atoms with Gasteiger partial charge in [0.1, 0.15) is 0 Å². The van der Waals surface area contributed by atoms with Crippen molar-refractivity contribution in [3.05, 3.63) is 0 Å². The van der Waals surface area contributed by atoms with E-state index in [1.807, 2.05) is 6.92 Å². The molecule has 3 heteroatoms. The normalized spacial score (nSPS) is 43.7. The highest BCUT2D eigenvalue weighted by atomic mass is 16.5. The summed E-state index contributed by atoms with van der Waals surface area (Å²) in [5, 5.41) is 10.8. The first-order valence-corrected chi connectivity index (χ1v) is 7.95. The van der Waals surface area contributed by atoms with E-state index < -0.39 is 5.60 Å². The van der Waals surface area contributed by atoms with Crippen LogP contribution in [0, 0.1) is 22.7 Å². The van der Waals surface area contributed by atoms with Gasteiger partial charge >= 0.3 is 5.97 Å². The Hall–Kier alpha value is -0.570. The molecule has 3 nitrogen and oxygen atoms in total. The van der Waals surface area contributed by atoms with Crippen molar-refractivity contribution in [2.45, 2.75) is 72.3 Å². The molecule has 0 radical (unpaired) electrons. The predicted octanol–water partition coefficient (Wildman–Crippen LogP) is 3.54. The summed E-state index contributed by atoms with van der Waals surface area (Å²) in [5.41, 5.74) is -0.342. The average molecular weight is 282 g/mol. The van der Waals surface area contributed by atoms with Gasteiger partial charge in [-0.2, -0.15) is 0 Å². The van der Waals surface area contributed by atoms with Crippen LogP contribution in [0.4, 0.5) is 0 Å². The molecule has 1 N–H and O–H groups in total. The number of esters is 1. The van der Waals surface area contributed by atoms with Crippen LogP contribution in [0.3, 0.4) is 0 Å². The van der Waals surface area contributed by atoms with Crippen LogP contribution < -0.4 is 0 Å². The van der Waals surface area contributed by atoms with E-state index in [9.17, 15) is 9.90 Å². The first-order valence-electron chi connectivity index (χ1n) is 7.95. The zero-order valence-corrected chi connectivity index (χ0v) is 13.7. The minimum Gasteiger partial charge on any atom is -0.465 e. The zero-order valence-electron chi connectivity index (χ0n) is 13.7. The molecule has 0 saturated heterocycles. The lowest BCUT2D eigenvalue weighted by Gasteiger charge is -2.60. The third kappa shape index (κ3) is 2.61. The van der Waals surface area contributed by atoms with Crippen molar-refractivity contribution >= 4 is 5.97 Å². The second kappa shape index (κ2) is 5.01. The summed E-state index contributed by atoms with van der Waals surface area (Å²) in [7, 11) is 0. The summed E-state index contributed by atoms with van der Waals surface area (Å²) >= 11 is 0. The maximum atomic E-state index is 11.2. The van der Waals surface area contributed by atoms with Crippen LogP contribution in [0.2, 0.25) is 0 Å². The predicted molar refractivity (Wildman–Crippen MR) is 79.2 cm³/mol. The van der Waals surface area contributed by atoms with Crippen molar-refractivity contribution in [2.75, 3.05) is 6.61 Å². The molecule has 2 saturated carbocycles. The molecule has 0 aliphatic heterocycles. The highest BCUT2D eigenvalue weighted by Gasteiger charge is 2.58. The second-order valence-corrected chi connectivity index (χ2v) is 8.15. The molecule has 0 unspecified atom stereocenters. The fraction of sp³-hybridized carbons (Fsp3) is 0.941. The van der Waals surface area contributed by atoms with Gasteiger partial charge in [-0.25, -0.2) is 0 Å². The summed E-state index contributed by atoms with van der Waals surface area (Å²) < 4.78 is 5.30. The van der Waals surface area contributed by atoms with E-state index in [4.69, 9.17) is 4.74 Å². The molecule has 2 rings (SSSR count). The van der Waals surface area contributed by atoms with E-state index in [0.29, 0.717) is 17.9 Å². The smallest absolute Gasteiger partial charge is 0.302 e. The van der Waals surface area contributed by atoms with Crippen LogP contribution >= 0.6 is 0 Å². The molecule has 0 heterocycles. The largest absolute Gasteiger partial charge is 0.465 e. The van der Waals surface area contributed by atoms with Gasteiger partial charge in [0.2, 0.25) is 0 Å². The van der Waals surface area contributed by atoms with Crippen LogP contribution in [-0.4, -0.2) is 23.3 Å². The molecule has 2 aliphatic rings. The number of aliphatic hydroxyl groups is 1. The third-order valence-electron chi connectivity index (χ3n) is 6.22. The van der Waals surface area contributed by atoms with Crippen molar-refractivity contribution in [2.24, 2.45) is 22.7 Å². The first kappa shape index (κ1) is 15.8. The number of rotatable bonds is 2. The SMILES string of the molecule is CC(=O)OC[C@H]1[C@@]2(C)CCCC(C)(C)[C@@H]2CC[C@]1(C)O. The quantitative estimate of drug-likeness (QED) is 0.788. The molecule has 0 aromatic rings. The molecule has 116 valence electrons. The Balaban J connectivity index is 2.30. The summed E-state index contributed by atoms with van der Waals surface area (Å²) in [6.07, 6.45) is 5.47. The van der Waals surface area contributed by atoms with Crippen LogP contribution in [0.15, 0.2) is 0 Å². The van der Waals surface area contributed by atoms with Gasteiger partial charge in [0, 0.05) is 12.8 Å². The molecule has 4 atom stereocenters. The lowest BCUT2D eigenvalue weighted by atomic mass is 9.46. The number of hydrogen-bond donors (Lipinski definition) is 1. The highest BCUT2D eigenvalue weighted by molar-refractivity contribution is 5.65. The third-order valence-corrected chi connectivity index (χ3v) is 6.22. The molecule has 0 amide bonds. The van der Waals surface area contributed by atoms with E-state index in [0.717, 1.165) is 19.3 Å². The number of carbonyl (C=O) groups excluding carboxylic acids is 1. The van der Waals surface area contributed by atoms with Crippen LogP contribution in [0.1, 0.15) is 66.7 Å². The average Bonchev–Trinajstić information content (AvgIpc) is 2.25. The molecule has 0 spiro atoms. The van der Waals surface area contributed by atoms with Crippen molar-refractivity contribution in [1.29, 1.82) is 0 Å². The molecular weight excluding hydrogens is 252 g/mol. The Bertz CT molecular complexity index is 386. The summed E-state index contributed by atoms with van der Waals surface area (Å²) in [5.74, 6) is 0.392. The van der Waals surface area contributed by atoms with Crippen molar-refractivity contribution < 1.29 is 14.6 Å². The number of ether oxygens (including phenoxy) is 1. The molecule has 2 fully saturated rings. The first-order chi connectivity index (χ1) is 9.09. The van der Waals surface area contributed by atoms with Gasteiger partial charge < -0.3 is 9.84 Å². The lowest BCUT2D eigenvalue weighted by Crippen LogP contribution is -2.59. The Morgan fingerprint density at radius 2 is 1.85 bits per heavy atom. The monoisotopic (exact) mass is 282 g/mol.